The topological polar surface area (TPSA) is 69.8 Å². The molecule has 0 spiro atoms. The van der Waals surface area contributed by atoms with Crippen LogP contribution in [0.15, 0.2) is 24.4 Å². The third-order valence-electron chi connectivity index (χ3n) is 2.50. The van der Waals surface area contributed by atoms with Crippen LogP contribution in [-0.4, -0.2) is 29.2 Å². The Morgan fingerprint density at radius 3 is 3.18 bits per heavy atom. The summed E-state index contributed by atoms with van der Waals surface area (Å²) in [6.07, 6.45) is 2.24. The van der Waals surface area contributed by atoms with Crippen LogP contribution in [0.25, 0.3) is 10.9 Å². The number of H-pyrrole nitrogens is 1. The van der Waals surface area contributed by atoms with E-state index >= 15 is 0 Å². The second-order valence-electron chi connectivity index (χ2n) is 3.82. The molecule has 2 aromatic rings. The minimum absolute atomic E-state index is 0.0183. The fraction of sp³-hybridized carbons (Fsp3) is 0.333. The van der Waals surface area contributed by atoms with Crippen LogP contribution in [0.4, 0.5) is 5.69 Å². The number of aromatic amines is 1. The first-order valence-electron chi connectivity index (χ1n) is 5.73. The highest BCUT2D eigenvalue weighted by molar-refractivity contribution is 5.93. The molecule has 0 bridgehead atoms. The summed E-state index contributed by atoms with van der Waals surface area (Å²) in [6.45, 7) is 3.60. The second-order valence-corrected chi connectivity index (χ2v) is 3.82. The molecular weight excluding hydrogens is 216 g/mol. The number of carbonyl (C=O) groups is 1. The summed E-state index contributed by atoms with van der Waals surface area (Å²) in [5.41, 5.74) is 1.72. The van der Waals surface area contributed by atoms with Gasteiger partial charge in [0.1, 0.15) is 0 Å². The van der Waals surface area contributed by atoms with Crippen LogP contribution in [0.5, 0.6) is 0 Å². The number of fused-ring (bicyclic) bond motifs is 1. The van der Waals surface area contributed by atoms with E-state index < -0.39 is 0 Å². The second kappa shape index (κ2) is 5.45. The van der Waals surface area contributed by atoms with Crippen molar-refractivity contribution in [2.45, 2.75) is 13.3 Å². The van der Waals surface area contributed by atoms with Crippen LogP contribution in [0.1, 0.15) is 13.3 Å². The van der Waals surface area contributed by atoms with Crippen LogP contribution < -0.4 is 10.6 Å². The van der Waals surface area contributed by atoms with Crippen LogP contribution in [0.2, 0.25) is 0 Å². The van der Waals surface area contributed by atoms with Crippen molar-refractivity contribution in [2.75, 3.05) is 18.4 Å². The standard InChI is InChI=1S/C12H16N4O/c1-2-13-6-5-12(17)15-10-4-3-9-8-14-16-11(9)7-10/h3-4,7-8,13H,2,5-6H2,1H3,(H,14,16)(H,15,17). The summed E-state index contributed by atoms with van der Waals surface area (Å²) in [5.74, 6) is 0.0183. The summed E-state index contributed by atoms with van der Waals surface area (Å²) in [4.78, 5) is 11.6. The monoisotopic (exact) mass is 232 g/mol. The lowest BCUT2D eigenvalue weighted by atomic mass is 10.2. The fourth-order valence-electron chi connectivity index (χ4n) is 1.62. The molecule has 0 aliphatic heterocycles. The Morgan fingerprint density at radius 2 is 2.35 bits per heavy atom. The molecule has 0 saturated heterocycles. The Labute approximate surface area is 99.6 Å². The number of carbonyl (C=O) groups excluding carboxylic acids is 1. The molecule has 1 aromatic heterocycles. The first-order chi connectivity index (χ1) is 8.29. The predicted molar refractivity (Wildman–Crippen MR) is 67.9 cm³/mol. The maximum absolute atomic E-state index is 11.6. The van der Waals surface area contributed by atoms with Gasteiger partial charge >= 0.3 is 0 Å². The van der Waals surface area contributed by atoms with E-state index in [1.54, 1.807) is 6.20 Å². The van der Waals surface area contributed by atoms with Gasteiger partial charge in [-0.2, -0.15) is 5.10 Å². The van der Waals surface area contributed by atoms with Gasteiger partial charge in [-0.15, -0.1) is 0 Å². The van der Waals surface area contributed by atoms with E-state index in [2.05, 4.69) is 20.8 Å². The van der Waals surface area contributed by atoms with Gasteiger partial charge in [-0.3, -0.25) is 9.89 Å². The van der Waals surface area contributed by atoms with Crippen molar-refractivity contribution >= 4 is 22.5 Å². The lowest BCUT2D eigenvalue weighted by Crippen LogP contribution is -2.21. The Kier molecular flexibility index (Phi) is 3.72. The first kappa shape index (κ1) is 11.6. The van der Waals surface area contributed by atoms with Crippen LogP contribution in [0, 0.1) is 0 Å². The minimum atomic E-state index is 0.0183. The minimum Gasteiger partial charge on any atom is -0.326 e. The molecule has 5 heteroatoms. The SMILES string of the molecule is CCNCCC(=O)Nc1ccc2cn[nH]c2c1. The average Bonchev–Trinajstić information content (AvgIpc) is 2.76. The van der Waals surface area contributed by atoms with Gasteiger partial charge in [-0.25, -0.2) is 0 Å². The third-order valence-corrected chi connectivity index (χ3v) is 2.50. The third kappa shape index (κ3) is 3.04. The Bertz CT molecular complexity index is 506. The van der Waals surface area contributed by atoms with E-state index in [1.165, 1.54) is 0 Å². The van der Waals surface area contributed by atoms with Gasteiger partial charge in [0.25, 0.3) is 0 Å². The lowest BCUT2D eigenvalue weighted by Gasteiger charge is -2.05. The molecule has 17 heavy (non-hydrogen) atoms. The number of amides is 1. The smallest absolute Gasteiger partial charge is 0.225 e. The number of benzene rings is 1. The maximum atomic E-state index is 11.6. The van der Waals surface area contributed by atoms with E-state index in [0.717, 1.165) is 23.1 Å². The Morgan fingerprint density at radius 1 is 1.47 bits per heavy atom. The highest BCUT2D eigenvalue weighted by Crippen LogP contribution is 2.16. The highest BCUT2D eigenvalue weighted by atomic mass is 16.1. The summed E-state index contributed by atoms with van der Waals surface area (Å²) in [7, 11) is 0. The maximum Gasteiger partial charge on any atom is 0.225 e. The van der Waals surface area contributed by atoms with Crippen molar-refractivity contribution in [3.8, 4) is 0 Å². The van der Waals surface area contributed by atoms with Gasteiger partial charge < -0.3 is 10.6 Å². The molecule has 0 saturated carbocycles. The Hall–Kier alpha value is -1.88. The lowest BCUT2D eigenvalue weighted by molar-refractivity contribution is -0.116. The van der Waals surface area contributed by atoms with Gasteiger partial charge in [-0.05, 0) is 24.7 Å². The van der Waals surface area contributed by atoms with Crippen molar-refractivity contribution in [3.05, 3.63) is 24.4 Å². The van der Waals surface area contributed by atoms with Crippen LogP contribution >= 0.6 is 0 Å². The van der Waals surface area contributed by atoms with E-state index in [-0.39, 0.29) is 5.91 Å². The van der Waals surface area contributed by atoms with E-state index in [0.29, 0.717) is 13.0 Å². The summed E-state index contributed by atoms with van der Waals surface area (Å²) >= 11 is 0. The van der Waals surface area contributed by atoms with Gasteiger partial charge in [-0.1, -0.05) is 6.92 Å². The molecule has 2 rings (SSSR count). The number of nitrogens with one attached hydrogen (secondary N) is 3. The molecule has 1 aromatic carbocycles. The molecule has 90 valence electrons. The van der Waals surface area contributed by atoms with E-state index in [1.807, 2.05) is 25.1 Å². The normalized spacial score (nSPS) is 10.6. The first-order valence-corrected chi connectivity index (χ1v) is 5.73. The number of rotatable bonds is 5. The molecule has 3 N–H and O–H groups in total. The summed E-state index contributed by atoms with van der Waals surface area (Å²) in [6, 6.07) is 5.69. The molecule has 1 amide bonds. The van der Waals surface area contributed by atoms with E-state index in [4.69, 9.17) is 0 Å². The van der Waals surface area contributed by atoms with Crippen molar-refractivity contribution < 1.29 is 4.79 Å². The molecule has 0 aliphatic carbocycles. The zero-order chi connectivity index (χ0) is 12.1. The zero-order valence-electron chi connectivity index (χ0n) is 9.79. The number of hydrogen-bond donors (Lipinski definition) is 3. The number of anilines is 1. The van der Waals surface area contributed by atoms with Gasteiger partial charge in [0.15, 0.2) is 0 Å². The van der Waals surface area contributed by atoms with Crippen molar-refractivity contribution in [1.82, 2.24) is 15.5 Å². The van der Waals surface area contributed by atoms with Crippen LogP contribution in [-0.2, 0) is 4.79 Å². The molecule has 0 radical (unpaired) electrons. The van der Waals surface area contributed by atoms with Crippen molar-refractivity contribution in [2.24, 2.45) is 0 Å². The number of nitrogens with zero attached hydrogens (tertiary/aromatic N) is 1. The molecular formula is C12H16N4O. The highest BCUT2D eigenvalue weighted by Gasteiger charge is 2.03. The molecule has 1 heterocycles. The van der Waals surface area contributed by atoms with Gasteiger partial charge in [0, 0.05) is 24.0 Å². The largest absolute Gasteiger partial charge is 0.326 e. The number of aromatic nitrogens is 2. The van der Waals surface area contributed by atoms with Gasteiger partial charge in [0.05, 0.1) is 11.7 Å². The predicted octanol–water partition coefficient (Wildman–Crippen LogP) is 1.50. The van der Waals surface area contributed by atoms with Gasteiger partial charge in [0.2, 0.25) is 5.91 Å². The number of hydrogen-bond acceptors (Lipinski definition) is 3. The fourth-order valence-corrected chi connectivity index (χ4v) is 1.62. The van der Waals surface area contributed by atoms with Crippen LogP contribution in [0.3, 0.4) is 0 Å². The summed E-state index contributed by atoms with van der Waals surface area (Å²) < 4.78 is 0. The summed E-state index contributed by atoms with van der Waals surface area (Å²) in [5, 5.41) is 13.8. The molecule has 0 aliphatic rings. The van der Waals surface area contributed by atoms with Crippen molar-refractivity contribution in [1.29, 1.82) is 0 Å². The zero-order valence-corrected chi connectivity index (χ0v) is 9.79. The molecule has 5 nitrogen and oxygen atoms in total. The Balaban J connectivity index is 1.95. The molecule has 0 atom stereocenters. The molecule has 0 unspecified atom stereocenters. The average molecular weight is 232 g/mol. The van der Waals surface area contributed by atoms with Crippen molar-refractivity contribution in [3.63, 3.8) is 0 Å². The van der Waals surface area contributed by atoms with E-state index in [9.17, 15) is 4.79 Å². The molecule has 0 fully saturated rings. The quantitative estimate of drug-likeness (QED) is 0.684.